The van der Waals surface area contributed by atoms with E-state index in [0.717, 1.165) is 25.0 Å². The molecule has 0 amide bonds. The molecule has 106 valence electrons. The van der Waals surface area contributed by atoms with Gasteiger partial charge in [0, 0.05) is 11.3 Å². The second-order valence-corrected chi connectivity index (χ2v) is 6.34. The number of carbonyl (C=O) groups is 1. The number of hydrogen-bond acceptors (Lipinski definition) is 5. The van der Waals surface area contributed by atoms with E-state index in [-0.39, 0.29) is 23.4 Å². The lowest BCUT2D eigenvalue weighted by Crippen LogP contribution is -2.40. The molecule has 3 unspecified atom stereocenters. The van der Waals surface area contributed by atoms with E-state index >= 15 is 0 Å². The molecular formula is C13H25NO3S. The molecule has 1 aliphatic rings. The Morgan fingerprint density at radius 2 is 2.17 bits per heavy atom. The third kappa shape index (κ3) is 6.07. The lowest BCUT2D eigenvalue weighted by atomic mass is 10.2. The summed E-state index contributed by atoms with van der Waals surface area (Å²) in [5.41, 5.74) is 0. The van der Waals surface area contributed by atoms with Gasteiger partial charge in [0.15, 0.2) is 0 Å². The van der Waals surface area contributed by atoms with Gasteiger partial charge in [-0.25, -0.2) is 0 Å². The standard InChI is InChI=1S/C13H25NO3S/c1-4-17-13(16)12(14-11-5-6-11)7-8-18-10(3)9(2)15/h9-12,14-15H,4-8H2,1-3H3. The van der Waals surface area contributed by atoms with Crippen molar-refractivity contribution in [2.45, 2.75) is 63.5 Å². The summed E-state index contributed by atoms with van der Waals surface area (Å²) in [7, 11) is 0. The molecule has 0 saturated heterocycles. The zero-order chi connectivity index (χ0) is 13.5. The first-order valence-corrected chi connectivity index (χ1v) is 7.81. The maximum atomic E-state index is 11.8. The average molecular weight is 275 g/mol. The van der Waals surface area contributed by atoms with E-state index in [1.807, 2.05) is 13.8 Å². The summed E-state index contributed by atoms with van der Waals surface area (Å²) in [6, 6.07) is 0.310. The van der Waals surface area contributed by atoms with Gasteiger partial charge in [0.25, 0.3) is 0 Å². The van der Waals surface area contributed by atoms with Gasteiger partial charge in [-0.3, -0.25) is 4.79 Å². The summed E-state index contributed by atoms with van der Waals surface area (Å²) in [5.74, 6) is 0.713. The maximum absolute atomic E-state index is 11.8. The van der Waals surface area contributed by atoms with Crippen molar-refractivity contribution in [2.75, 3.05) is 12.4 Å². The van der Waals surface area contributed by atoms with Crippen molar-refractivity contribution < 1.29 is 14.6 Å². The number of rotatable bonds is 9. The second kappa shape index (κ2) is 8.02. The van der Waals surface area contributed by atoms with E-state index in [4.69, 9.17) is 4.74 Å². The lowest BCUT2D eigenvalue weighted by molar-refractivity contribution is -0.145. The largest absolute Gasteiger partial charge is 0.465 e. The molecule has 1 saturated carbocycles. The molecule has 2 N–H and O–H groups in total. The van der Waals surface area contributed by atoms with Crippen molar-refractivity contribution in [1.29, 1.82) is 0 Å². The van der Waals surface area contributed by atoms with Crippen LogP contribution in [0.1, 0.15) is 40.0 Å². The summed E-state index contributed by atoms with van der Waals surface area (Å²) in [5, 5.41) is 12.9. The highest BCUT2D eigenvalue weighted by Crippen LogP contribution is 2.22. The van der Waals surface area contributed by atoms with E-state index in [0.29, 0.717) is 12.6 Å². The predicted octanol–water partition coefficient (Wildman–Crippen LogP) is 1.56. The van der Waals surface area contributed by atoms with Crippen molar-refractivity contribution >= 4 is 17.7 Å². The van der Waals surface area contributed by atoms with Crippen LogP contribution in [-0.2, 0) is 9.53 Å². The van der Waals surface area contributed by atoms with E-state index in [1.165, 1.54) is 0 Å². The molecule has 1 fully saturated rings. The molecule has 0 aromatic carbocycles. The van der Waals surface area contributed by atoms with Gasteiger partial charge in [-0.1, -0.05) is 6.92 Å². The Morgan fingerprint density at radius 3 is 2.67 bits per heavy atom. The SMILES string of the molecule is CCOC(=O)C(CCSC(C)C(C)O)NC1CC1. The van der Waals surface area contributed by atoms with Crippen LogP contribution < -0.4 is 5.32 Å². The number of aliphatic hydroxyl groups excluding tert-OH is 1. The van der Waals surface area contributed by atoms with Gasteiger partial charge in [0.05, 0.1) is 12.7 Å². The minimum Gasteiger partial charge on any atom is -0.465 e. The zero-order valence-corrected chi connectivity index (χ0v) is 12.3. The highest BCUT2D eigenvalue weighted by atomic mass is 32.2. The smallest absolute Gasteiger partial charge is 0.323 e. The van der Waals surface area contributed by atoms with Crippen LogP contribution >= 0.6 is 11.8 Å². The molecule has 0 aromatic rings. The van der Waals surface area contributed by atoms with Gasteiger partial charge < -0.3 is 15.2 Å². The molecule has 4 nitrogen and oxygen atoms in total. The summed E-state index contributed by atoms with van der Waals surface area (Å²) < 4.78 is 5.08. The molecule has 0 spiro atoms. The quantitative estimate of drug-likeness (QED) is 0.625. The highest BCUT2D eigenvalue weighted by molar-refractivity contribution is 7.99. The van der Waals surface area contributed by atoms with Gasteiger partial charge in [0.2, 0.25) is 0 Å². The Hall–Kier alpha value is -0.260. The van der Waals surface area contributed by atoms with Crippen LogP contribution in [0.15, 0.2) is 0 Å². The van der Waals surface area contributed by atoms with Crippen LogP contribution in [0.4, 0.5) is 0 Å². The molecular weight excluding hydrogens is 250 g/mol. The third-order valence-electron chi connectivity index (χ3n) is 3.05. The summed E-state index contributed by atoms with van der Waals surface area (Å²) in [6.07, 6.45) is 2.77. The molecule has 1 rings (SSSR count). The topological polar surface area (TPSA) is 58.6 Å². The van der Waals surface area contributed by atoms with Crippen molar-refractivity contribution in [3.8, 4) is 0 Å². The Kier molecular flexibility index (Phi) is 7.04. The number of thioether (sulfide) groups is 1. The van der Waals surface area contributed by atoms with Gasteiger partial charge in [-0.05, 0) is 38.9 Å². The molecule has 3 atom stereocenters. The fraction of sp³-hybridized carbons (Fsp3) is 0.923. The summed E-state index contributed by atoms with van der Waals surface area (Å²) in [6.45, 7) is 6.06. The second-order valence-electron chi connectivity index (χ2n) is 4.85. The number of esters is 1. The number of ether oxygens (including phenoxy) is 1. The van der Waals surface area contributed by atoms with Crippen LogP contribution in [0.25, 0.3) is 0 Å². The number of carbonyl (C=O) groups excluding carboxylic acids is 1. The van der Waals surface area contributed by atoms with Crippen molar-refractivity contribution in [2.24, 2.45) is 0 Å². The fourth-order valence-corrected chi connectivity index (χ4v) is 2.58. The van der Waals surface area contributed by atoms with E-state index in [2.05, 4.69) is 5.32 Å². The monoisotopic (exact) mass is 275 g/mol. The number of hydrogen-bond donors (Lipinski definition) is 2. The van der Waals surface area contributed by atoms with Crippen LogP contribution in [-0.4, -0.2) is 46.9 Å². The third-order valence-corrected chi connectivity index (χ3v) is 4.44. The molecule has 0 aliphatic heterocycles. The molecule has 18 heavy (non-hydrogen) atoms. The minimum absolute atomic E-state index is 0.144. The van der Waals surface area contributed by atoms with Crippen molar-refractivity contribution in [3.63, 3.8) is 0 Å². The zero-order valence-electron chi connectivity index (χ0n) is 11.5. The van der Waals surface area contributed by atoms with Crippen molar-refractivity contribution in [1.82, 2.24) is 5.32 Å². The Balaban J connectivity index is 2.28. The molecule has 0 bridgehead atoms. The summed E-state index contributed by atoms with van der Waals surface area (Å²) in [4.78, 5) is 11.8. The van der Waals surface area contributed by atoms with Crippen molar-refractivity contribution in [3.05, 3.63) is 0 Å². The van der Waals surface area contributed by atoms with E-state index in [9.17, 15) is 9.90 Å². The number of nitrogens with one attached hydrogen (secondary N) is 1. The first-order chi connectivity index (χ1) is 8.54. The lowest BCUT2D eigenvalue weighted by Gasteiger charge is -2.19. The Bertz CT molecular complexity index is 257. The van der Waals surface area contributed by atoms with Gasteiger partial charge in [0.1, 0.15) is 6.04 Å². The molecule has 1 aliphatic carbocycles. The van der Waals surface area contributed by atoms with Gasteiger partial charge in [-0.15, -0.1) is 0 Å². The highest BCUT2D eigenvalue weighted by Gasteiger charge is 2.29. The Morgan fingerprint density at radius 1 is 1.50 bits per heavy atom. The van der Waals surface area contributed by atoms with Crippen LogP contribution in [0.3, 0.4) is 0 Å². The van der Waals surface area contributed by atoms with E-state index in [1.54, 1.807) is 18.7 Å². The molecule has 0 aromatic heterocycles. The van der Waals surface area contributed by atoms with Gasteiger partial charge >= 0.3 is 5.97 Å². The molecule has 0 heterocycles. The van der Waals surface area contributed by atoms with Gasteiger partial charge in [-0.2, -0.15) is 11.8 Å². The first kappa shape index (κ1) is 15.8. The molecule has 5 heteroatoms. The van der Waals surface area contributed by atoms with Crippen LogP contribution in [0.2, 0.25) is 0 Å². The first-order valence-electron chi connectivity index (χ1n) is 6.77. The minimum atomic E-state index is -0.313. The summed E-state index contributed by atoms with van der Waals surface area (Å²) >= 11 is 1.70. The van der Waals surface area contributed by atoms with E-state index < -0.39 is 0 Å². The molecule has 0 radical (unpaired) electrons. The normalized spacial score (nSPS) is 20.2. The fourth-order valence-electron chi connectivity index (χ4n) is 1.56. The van der Waals surface area contributed by atoms with Crippen LogP contribution in [0.5, 0.6) is 0 Å². The number of aliphatic hydroxyl groups is 1. The maximum Gasteiger partial charge on any atom is 0.323 e. The average Bonchev–Trinajstić information content (AvgIpc) is 3.11. The Labute approximate surface area is 114 Å². The predicted molar refractivity (Wildman–Crippen MR) is 74.8 cm³/mol. The van der Waals surface area contributed by atoms with Crippen LogP contribution in [0, 0.1) is 0 Å².